The van der Waals surface area contributed by atoms with Gasteiger partial charge in [0.2, 0.25) is 5.91 Å². The summed E-state index contributed by atoms with van der Waals surface area (Å²) in [5, 5.41) is 7.53. The summed E-state index contributed by atoms with van der Waals surface area (Å²) in [5.41, 5.74) is -0.155. The average Bonchev–Trinajstić information content (AvgIpc) is 3.16. The van der Waals surface area contributed by atoms with Crippen molar-refractivity contribution in [3.8, 4) is 0 Å². The van der Waals surface area contributed by atoms with Crippen LogP contribution in [0.25, 0.3) is 10.8 Å². The average molecular weight is 332 g/mol. The van der Waals surface area contributed by atoms with Gasteiger partial charge in [0, 0.05) is 22.9 Å². The number of carbonyl (C=O) groups excluding carboxylic acids is 1. The lowest BCUT2D eigenvalue weighted by Gasteiger charge is -2.09. The lowest BCUT2D eigenvalue weighted by molar-refractivity contribution is -0.480. The molecule has 2 aliphatic heterocycles. The van der Waals surface area contributed by atoms with E-state index >= 15 is 0 Å². The second-order valence-corrected chi connectivity index (χ2v) is 6.86. The van der Waals surface area contributed by atoms with Gasteiger partial charge in [-0.1, -0.05) is 6.07 Å². The van der Waals surface area contributed by atoms with E-state index in [0.717, 1.165) is 33.4 Å². The van der Waals surface area contributed by atoms with Crippen LogP contribution in [0.3, 0.4) is 0 Å². The number of thioether (sulfide) groups is 1. The zero-order valence-corrected chi connectivity index (χ0v) is 13.0. The highest BCUT2D eigenvalue weighted by Gasteiger charge is 2.43. The van der Waals surface area contributed by atoms with Gasteiger partial charge in [-0.05, 0) is 48.3 Å². The molecule has 5 nitrogen and oxygen atoms in total. The number of amides is 1. The van der Waals surface area contributed by atoms with E-state index < -0.39 is 5.50 Å². The molecule has 4 rings (SSSR count). The second-order valence-electron chi connectivity index (χ2n) is 5.77. The van der Waals surface area contributed by atoms with E-state index in [0.29, 0.717) is 12.2 Å². The summed E-state index contributed by atoms with van der Waals surface area (Å²) < 4.78 is 14.2. The van der Waals surface area contributed by atoms with E-state index in [1.54, 1.807) is 18.2 Å². The molecular formula is C16H15FN3O2S+. The Labute approximate surface area is 136 Å². The third-order valence-electron chi connectivity index (χ3n) is 4.29. The first-order valence-electron chi connectivity index (χ1n) is 7.50. The smallest absolute Gasteiger partial charge is 0.316 e. The number of hydrogen-bond acceptors (Lipinski definition) is 4. The van der Waals surface area contributed by atoms with Crippen molar-refractivity contribution in [1.29, 1.82) is 0 Å². The van der Waals surface area contributed by atoms with Crippen LogP contribution in [-0.4, -0.2) is 29.3 Å². The van der Waals surface area contributed by atoms with Crippen molar-refractivity contribution >= 4 is 34.1 Å². The minimum atomic E-state index is -0.672. The van der Waals surface area contributed by atoms with Gasteiger partial charge >= 0.3 is 5.50 Å². The molecule has 0 aromatic heterocycles. The Morgan fingerprint density at radius 2 is 2.22 bits per heavy atom. The van der Waals surface area contributed by atoms with Crippen molar-refractivity contribution in [2.75, 3.05) is 13.1 Å². The van der Waals surface area contributed by atoms with Crippen LogP contribution in [0.5, 0.6) is 0 Å². The molecule has 0 radical (unpaired) electrons. The maximum atomic E-state index is 13.3. The maximum absolute atomic E-state index is 13.3. The molecule has 2 aromatic carbocycles. The molecule has 2 N–H and O–H groups in total. The Morgan fingerprint density at radius 3 is 3.00 bits per heavy atom. The van der Waals surface area contributed by atoms with Crippen molar-refractivity contribution in [3.05, 3.63) is 41.1 Å². The van der Waals surface area contributed by atoms with Crippen LogP contribution in [0.2, 0.25) is 0 Å². The zero-order valence-electron chi connectivity index (χ0n) is 12.2. The van der Waals surface area contributed by atoms with Crippen molar-refractivity contribution < 1.29 is 13.9 Å². The zero-order chi connectivity index (χ0) is 16.0. The Hall–Kier alpha value is -1.99. The lowest BCUT2D eigenvalue weighted by atomic mass is 10.1. The summed E-state index contributed by atoms with van der Waals surface area (Å²) in [7, 11) is 0. The van der Waals surface area contributed by atoms with Crippen LogP contribution in [0.15, 0.2) is 35.2 Å². The van der Waals surface area contributed by atoms with Crippen LogP contribution < -0.4 is 10.6 Å². The molecule has 0 saturated carbocycles. The molecule has 118 valence electrons. The first-order valence-corrected chi connectivity index (χ1v) is 8.38. The topological polar surface area (TPSA) is 61.2 Å². The number of nitrogens with zero attached hydrogens (tertiary/aromatic N) is 1. The monoisotopic (exact) mass is 332 g/mol. The fourth-order valence-electron chi connectivity index (χ4n) is 3.05. The van der Waals surface area contributed by atoms with E-state index in [1.807, 2.05) is 0 Å². The maximum Gasteiger partial charge on any atom is 0.335 e. The molecule has 2 aliphatic rings. The normalized spacial score (nSPS) is 23.3. The van der Waals surface area contributed by atoms with E-state index in [4.69, 9.17) is 0 Å². The molecule has 1 unspecified atom stereocenters. The summed E-state index contributed by atoms with van der Waals surface area (Å²) in [6, 6.07) is 7.92. The van der Waals surface area contributed by atoms with Crippen molar-refractivity contribution in [2.24, 2.45) is 5.92 Å². The molecule has 0 spiro atoms. The molecular weight excluding hydrogens is 317 g/mol. The van der Waals surface area contributed by atoms with Gasteiger partial charge in [-0.3, -0.25) is 10.1 Å². The number of hydrogen-bond donors (Lipinski definition) is 2. The van der Waals surface area contributed by atoms with Gasteiger partial charge in [0.15, 0.2) is 0 Å². The van der Waals surface area contributed by atoms with Gasteiger partial charge in [-0.15, -0.1) is 0 Å². The Bertz CT molecular complexity index is 820. The minimum absolute atomic E-state index is 0.0847. The third kappa shape index (κ3) is 2.49. The van der Waals surface area contributed by atoms with Crippen LogP contribution >= 0.6 is 11.8 Å². The second kappa shape index (κ2) is 5.58. The van der Waals surface area contributed by atoms with Crippen molar-refractivity contribution in [1.82, 2.24) is 10.6 Å². The number of nitrogens with one attached hydrogen (secondary N) is 2. The lowest BCUT2D eigenvalue weighted by Crippen LogP contribution is -2.40. The largest absolute Gasteiger partial charge is 0.335 e. The highest BCUT2D eigenvalue weighted by Crippen LogP contribution is 2.45. The summed E-state index contributed by atoms with van der Waals surface area (Å²) in [5.74, 6) is -0.493. The van der Waals surface area contributed by atoms with Crippen molar-refractivity contribution in [3.63, 3.8) is 0 Å². The van der Waals surface area contributed by atoms with Gasteiger partial charge in [0.1, 0.15) is 5.82 Å². The number of halogens is 1. The summed E-state index contributed by atoms with van der Waals surface area (Å²) in [6.07, 6.45) is 0.789. The molecule has 1 fully saturated rings. The quantitative estimate of drug-likeness (QED) is 0.830. The molecule has 0 aliphatic carbocycles. The molecule has 0 bridgehead atoms. The van der Waals surface area contributed by atoms with E-state index in [1.165, 1.54) is 23.9 Å². The highest BCUT2D eigenvalue weighted by atomic mass is 32.2. The molecule has 2 atom stereocenters. The Kier molecular flexibility index (Phi) is 3.54. The van der Waals surface area contributed by atoms with Gasteiger partial charge in [0.25, 0.3) is 5.69 Å². The first-order chi connectivity index (χ1) is 11.1. The summed E-state index contributed by atoms with van der Waals surface area (Å²) >= 11 is 1.31. The van der Waals surface area contributed by atoms with Crippen LogP contribution in [0.4, 0.5) is 10.1 Å². The fraction of sp³-hybridized carbons (Fsp3) is 0.312. The van der Waals surface area contributed by atoms with Gasteiger partial charge in [-0.25, -0.2) is 4.39 Å². The van der Waals surface area contributed by atoms with E-state index in [-0.39, 0.29) is 17.6 Å². The molecule has 2 aromatic rings. The molecule has 23 heavy (non-hydrogen) atoms. The SMILES string of the molecule is O=C(NC1Sc2c(ccc3cc(F)ccc23)[N+]1=O)[C@@H]1CCNC1. The Morgan fingerprint density at radius 1 is 1.35 bits per heavy atom. The molecule has 7 heteroatoms. The molecule has 1 amide bonds. The number of carbonyl (C=O) groups is 1. The van der Waals surface area contributed by atoms with Crippen molar-refractivity contribution in [2.45, 2.75) is 16.8 Å². The van der Waals surface area contributed by atoms with Gasteiger partial charge in [-0.2, -0.15) is 0 Å². The first kappa shape index (κ1) is 14.6. The Balaban J connectivity index is 1.62. The third-order valence-corrected chi connectivity index (χ3v) is 5.49. The number of rotatable bonds is 2. The highest BCUT2D eigenvalue weighted by molar-refractivity contribution is 8.00. The molecule has 1 saturated heterocycles. The molecule has 2 heterocycles. The number of benzene rings is 2. The number of nitroso groups, excluding NO2 is 1. The minimum Gasteiger partial charge on any atom is -0.316 e. The van der Waals surface area contributed by atoms with Gasteiger partial charge < -0.3 is 5.32 Å². The predicted octanol–water partition coefficient (Wildman–Crippen LogP) is 2.50. The van der Waals surface area contributed by atoms with E-state index in [9.17, 15) is 14.1 Å². The predicted molar refractivity (Wildman–Crippen MR) is 86.0 cm³/mol. The van der Waals surface area contributed by atoms with Crippen LogP contribution in [0.1, 0.15) is 6.42 Å². The van der Waals surface area contributed by atoms with Crippen LogP contribution in [0, 0.1) is 16.6 Å². The summed E-state index contributed by atoms with van der Waals surface area (Å²) in [4.78, 5) is 25.5. The summed E-state index contributed by atoms with van der Waals surface area (Å²) in [6.45, 7) is 1.48. The standard InChI is InChI=1S/C16H14FN3O2S/c17-11-2-3-12-9(7-11)1-4-13-14(12)23-16(20(13)22)19-15(21)10-5-6-18-8-10/h1-4,7,10,16,18H,5-6,8H2/p+1/t10-,16?/m1/s1. The van der Waals surface area contributed by atoms with Gasteiger partial charge in [0.05, 0.1) is 15.6 Å². The van der Waals surface area contributed by atoms with Crippen LogP contribution in [-0.2, 0) is 4.79 Å². The van der Waals surface area contributed by atoms with E-state index in [2.05, 4.69) is 10.6 Å². The number of fused-ring (bicyclic) bond motifs is 3. The fourth-order valence-corrected chi connectivity index (χ4v) is 4.25.